The Balaban J connectivity index is 2.38. The van der Waals surface area contributed by atoms with E-state index in [1.54, 1.807) is 4.68 Å². The molecule has 5 nitrogen and oxygen atoms in total. The molecule has 0 fully saturated rings. The Labute approximate surface area is 85.7 Å². The van der Waals surface area contributed by atoms with Gasteiger partial charge in [-0.25, -0.2) is 4.68 Å². The SMILES string of the molecule is Cc1ccc(C(C)n2[nH]nnc2=S)o1. The van der Waals surface area contributed by atoms with E-state index in [1.165, 1.54) is 0 Å². The van der Waals surface area contributed by atoms with E-state index in [0.717, 1.165) is 11.5 Å². The maximum Gasteiger partial charge on any atom is 0.238 e. The van der Waals surface area contributed by atoms with E-state index in [2.05, 4.69) is 15.5 Å². The van der Waals surface area contributed by atoms with Crippen molar-refractivity contribution in [1.82, 2.24) is 20.2 Å². The highest BCUT2D eigenvalue weighted by atomic mass is 32.1. The van der Waals surface area contributed by atoms with E-state index in [1.807, 2.05) is 26.0 Å². The van der Waals surface area contributed by atoms with Gasteiger partial charge in [-0.05, 0) is 38.2 Å². The third kappa shape index (κ3) is 1.48. The molecule has 0 aromatic carbocycles. The van der Waals surface area contributed by atoms with Gasteiger partial charge in [-0.15, -0.1) is 0 Å². The molecule has 6 heteroatoms. The Kier molecular flexibility index (Phi) is 2.20. The zero-order chi connectivity index (χ0) is 10.1. The molecule has 0 spiro atoms. The number of aromatic nitrogens is 4. The van der Waals surface area contributed by atoms with E-state index in [-0.39, 0.29) is 6.04 Å². The van der Waals surface area contributed by atoms with Crippen LogP contribution < -0.4 is 0 Å². The van der Waals surface area contributed by atoms with Gasteiger partial charge in [0.25, 0.3) is 0 Å². The van der Waals surface area contributed by atoms with Crippen LogP contribution in [-0.2, 0) is 0 Å². The average molecular weight is 210 g/mol. The zero-order valence-electron chi connectivity index (χ0n) is 7.89. The van der Waals surface area contributed by atoms with Crippen LogP contribution in [0.1, 0.15) is 24.5 Å². The first-order valence-electron chi connectivity index (χ1n) is 4.24. The third-order valence-electron chi connectivity index (χ3n) is 2.05. The molecule has 0 radical (unpaired) electrons. The summed E-state index contributed by atoms with van der Waals surface area (Å²) in [5, 5.41) is 10.0. The summed E-state index contributed by atoms with van der Waals surface area (Å²) in [4.78, 5) is 0. The molecule has 14 heavy (non-hydrogen) atoms. The fourth-order valence-corrected chi connectivity index (χ4v) is 1.50. The van der Waals surface area contributed by atoms with Crippen molar-refractivity contribution in [2.24, 2.45) is 0 Å². The van der Waals surface area contributed by atoms with Gasteiger partial charge in [0.1, 0.15) is 17.6 Å². The molecule has 2 rings (SSSR count). The second kappa shape index (κ2) is 3.38. The standard InChI is InChI=1S/C8H10N4OS/c1-5-3-4-7(13-5)6(2)12-8(14)9-10-11-12/h3-4,6H,1-2H3,(H,9,11,14). The molecular weight excluding hydrogens is 200 g/mol. The molecule has 0 aliphatic heterocycles. The van der Waals surface area contributed by atoms with Crippen LogP contribution in [0, 0.1) is 11.7 Å². The smallest absolute Gasteiger partial charge is 0.238 e. The number of aromatic amines is 1. The van der Waals surface area contributed by atoms with Crippen molar-refractivity contribution >= 4 is 12.2 Å². The Morgan fingerprint density at radius 1 is 1.57 bits per heavy atom. The maximum absolute atomic E-state index is 5.48. The first-order chi connectivity index (χ1) is 6.68. The van der Waals surface area contributed by atoms with Crippen LogP contribution in [0.5, 0.6) is 0 Å². The summed E-state index contributed by atoms with van der Waals surface area (Å²) < 4.78 is 7.58. The number of hydrogen-bond acceptors (Lipinski definition) is 4. The number of nitrogens with zero attached hydrogens (tertiary/aromatic N) is 3. The summed E-state index contributed by atoms with van der Waals surface area (Å²) in [7, 11) is 0. The second-order valence-corrected chi connectivity index (χ2v) is 3.44. The number of aryl methyl sites for hydroxylation is 1. The number of rotatable bonds is 2. The monoisotopic (exact) mass is 210 g/mol. The quantitative estimate of drug-likeness (QED) is 0.768. The Hall–Kier alpha value is -1.43. The van der Waals surface area contributed by atoms with Crippen LogP contribution in [-0.4, -0.2) is 20.2 Å². The Morgan fingerprint density at radius 2 is 2.36 bits per heavy atom. The topological polar surface area (TPSA) is 59.6 Å². The van der Waals surface area contributed by atoms with Crippen LogP contribution in [0.3, 0.4) is 0 Å². The molecule has 0 bridgehead atoms. The lowest BCUT2D eigenvalue weighted by atomic mass is 10.3. The van der Waals surface area contributed by atoms with Gasteiger partial charge in [0, 0.05) is 0 Å². The third-order valence-corrected chi connectivity index (χ3v) is 2.33. The van der Waals surface area contributed by atoms with Gasteiger partial charge in [-0.3, -0.25) is 0 Å². The molecule has 1 unspecified atom stereocenters. The number of tetrazole rings is 1. The normalized spacial score (nSPS) is 13.0. The van der Waals surface area contributed by atoms with Crippen LogP contribution in [0.15, 0.2) is 16.5 Å². The molecule has 2 aromatic heterocycles. The summed E-state index contributed by atoms with van der Waals surface area (Å²) in [5.41, 5.74) is 0. The van der Waals surface area contributed by atoms with Gasteiger partial charge in [0.15, 0.2) is 0 Å². The van der Waals surface area contributed by atoms with Gasteiger partial charge in [-0.2, -0.15) is 5.21 Å². The van der Waals surface area contributed by atoms with Crippen molar-refractivity contribution in [2.45, 2.75) is 19.9 Å². The molecule has 1 N–H and O–H groups in total. The van der Waals surface area contributed by atoms with Crippen molar-refractivity contribution < 1.29 is 4.42 Å². The summed E-state index contributed by atoms with van der Waals surface area (Å²) in [6, 6.07) is 3.83. The maximum atomic E-state index is 5.48. The second-order valence-electron chi connectivity index (χ2n) is 3.08. The van der Waals surface area contributed by atoms with Crippen LogP contribution in [0.25, 0.3) is 0 Å². The molecule has 0 aliphatic rings. The van der Waals surface area contributed by atoms with Gasteiger partial charge in [-0.1, -0.05) is 10.3 Å². The number of nitrogens with one attached hydrogen (secondary N) is 1. The molecule has 0 amide bonds. The van der Waals surface area contributed by atoms with Gasteiger partial charge in [0.2, 0.25) is 4.77 Å². The van der Waals surface area contributed by atoms with Crippen LogP contribution >= 0.6 is 12.2 Å². The van der Waals surface area contributed by atoms with Crippen LogP contribution in [0.2, 0.25) is 0 Å². The molecule has 0 aliphatic carbocycles. The fourth-order valence-electron chi connectivity index (χ4n) is 1.26. The van der Waals surface area contributed by atoms with Gasteiger partial charge in [0.05, 0.1) is 0 Å². The van der Waals surface area contributed by atoms with Crippen molar-refractivity contribution in [3.63, 3.8) is 0 Å². The predicted octanol–water partition coefficient (Wildman–Crippen LogP) is 1.85. The van der Waals surface area contributed by atoms with Crippen molar-refractivity contribution in [1.29, 1.82) is 0 Å². The number of H-pyrrole nitrogens is 1. The van der Waals surface area contributed by atoms with Crippen LogP contribution in [0.4, 0.5) is 0 Å². The van der Waals surface area contributed by atoms with E-state index in [0.29, 0.717) is 4.77 Å². The fraction of sp³-hybridized carbons (Fsp3) is 0.375. The first-order valence-corrected chi connectivity index (χ1v) is 4.65. The number of hydrogen-bond donors (Lipinski definition) is 1. The number of furan rings is 1. The van der Waals surface area contributed by atoms with E-state index < -0.39 is 0 Å². The minimum absolute atomic E-state index is 0.00815. The highest BCUT2D eigenvalue weighted by molar-refractivity contribution is 7.71. The largest absolute Gasteiger partial charge is 0.464 e. The Bertz CT molecular complexity index is 483. The molecule has 2 aromatic rings. The van der Waals surface area contributed by atoms with E-state index >= 15 is 0 Å². The van der Waals surface area contributed by atoms with Crippen molar-refractivity contribution in [2.75, 3.05) is 0 Å². The summed E-state index contributed by atoms with van der Waals surface area (Å²) in [6.45, 7) is 3.87. The lowest BCUT2D eigenvalue weighted by Crippen LogP contribution is -2.07. The molecule has 1 atom stereocenters. The van der Waals surface area contributed by atoms with Crippen molar-refractivity contribution in [3.05, 3.63) is 28.4 Å². The zero-order valence-corrected chi connectivity index (χ0v) is 8.71. The summed E-state index contributed by atoms with van der Waals surface area (Å²) >= 11 is 4.98. The average Bonchev–Trinajstić information content (AvgIpc) is 2.73. The summed E-state index contributed by atoms with van der Waals surface area (Å²) in [6.07, 6.45) is 0. The van der Waals surface area contributed by atoms with Gasteiger partial charge < -0.3 is 4.42 Å². The minimum atomic E-state index is -0.00815. The predicted molar refractivity (Wildman–Crippen MR) is 52.5 cm³/mol. The first kappa shape index (κ1) is 9.14. The van der Waals surface area contributed by atoms with Gasteiger partial charge >= 0.3 is 0 Å². The molecule has 0 saturated carbocycles. The van der Waals surface area contributed by atoms with Crippen molar-refractivity contribution in [3.8, 4) is 0 Å². The minimum Gasteiger partial charge on any atom is -0.464 e. The molecule has 0 saturated heterocycles. The highest BCUT2D eigenvalue weighted by Crippen LogP contribution is 2.18. The lowest BCUT2D eigenvalue weighted by Gasteiger charge is -2.07. The van der Waals surface area contributed by atoms with E-state index in [9.17, 15) is 0 Å². The Morgan fingerprint density at radius 3 is 2.86 bits per heavy atom. The summed E-state index contributed by atoms with van der Waals surface area (Å²) in [5.74, 6) is 1.72. The molecule has 74 valence electrons. The molecule has 2 heterocycles. The molecular formula is C8H10N4OS. The van der Waals surface area contributed by atoms with E-state index in [4.69, 9.17) is 16.6 Å². The lowest BCUT2D eigenvalue weighted by molar-refractivity contribution is 0.404. The highest BCUT2D eigenvalue weighted by Gasteiger charge is 2.12.